The van der Waals surface area contributed by atoms with Crippen LogP contribution in [-0.2, 0) is 6.54 Å². The maximum Gasteiger partial charge on any atom is 0.115 e. The van der Waals surface area contributed by atoms with Crippen LogP contribution < -0.4 is 5.32 Å². The van der Waals surface area contributed by atoms with Gasteiger partial charge in [0.05, 0.1) is 6.10 Å². The number of aliphatic hydroxyl groups excluding tert-OH is 1. The van der Waals surface area contributed by atoms with Crippen molar-refractivity contribution >= 4 is 0 Å². The molecule has 0 aliphatic rings. The normalized spacial score (nSPS) is 14.0. The summed E-state index contributed by atoms with van der Waals surface area (Å²) in [6, 6.07) is 16.7. The van der Waals surface area contributed by atoms with Crippen molar-refractivity contribution in [1.29, 1.82) is 0 Å². The molecule has 0 fully saturated rings. The molecule has 2 aromatic carbocycles. The Morgan fingerprint density at radius 3 is 2.26 bits per heavy atom. The maximum absolute atomic E-state index is 10.2. The largest absolute Gasteiger partial charge is 0.508 e. The van der Waals surface area contributed by atoms with Crippen molar-refractivity contribution in [2.75, 3.05) is 0 Å². The first-order valence-electron chi connectivity index (χ1n) is 6.41. The van der Waals surface area contributed by atoms with Crippen LogP contribution >= 0.6 is 0 Å². The average Bonchev–Trinajstić information content (AvgIpc) is 2.46. The molecule has 0 radical (unpaired) electrons. The molecule has 2 aromatic rings. The molecule has 3 heteroatoms. The highest BCUT2D eigenvalue weighted by Crippen LogP contribution is 2.19. The molecule has 0 aliphatic carbocycles. The van der Waals surface area contributed by atoms with Gasteiger partial charge in [-0.3, -0.25) is 0 Å². The summed E-state index contributed by atoms with van der Waals surface area (Å²) in [5, 5.41) is 22.7. The maximum atomic E-state index is 10.2. The van der Waals surface area contributed by atoms with Crippen molar-refractivity contribution in [3.05, 3.63) is 65.7 Å². The van der Waals surface area contributed by atoms with E-state index in [1.165, 1.54) is 5.56 Å². The van der Waals surface area contributed by atoms with Crippen LogP contribution in [0.3, 0.4) is 0 Å². The van der Waals surface area contributed by atoms with Crippen LogP contribution in [0, 0.1) is 0 Å². The number of hydrogen-bond acceptors (Lipinski definition) is 3. The van der Waals surface area contributed by atoms with Gasteiger partial charge in [-0.1, -0.05) is 42.5 Å². The van der Waals surface area contributed by atoms with Gasteiger partial charge in [0, 0.05) is 12.6 Å². The Morgan fingerprint density at radius 2 is 1.63 bits per heavy atom. The SMILES string of the molecule is CC(NCc1ccccc1)C(O)c1ccc(O)cc1. The second-order valence-electron chi connectivity index (χ2n) is 4.69. The lowest BCUT2D eigenvalue weighted by atomic mass is 10.0. The number of phenolic OH excluding ortho intramolecular Hbond substituents is 1. The molecule has 0 heterocycles. The Kier molecular flexibility index (Phi) is 4.55. The number of hydrogen-bond donors (Lipinski definition) is 3. The fourth-order valence-corrected chi connectivity index (χ4v) is 1.95. The third-order valence-corrected chi connectivity index (χ3v) is 3.18. The average molecular weight is 257 g/mol. The lowest BCUT2D eigenvalue weighted by Gasteiger charge is -2.20. The summed E-state index contributed by atoms with van der Waals surface area (Å²) < 4.78 is 0. The minimum atomic E-state index is -0.593. The summed E-state index contributed by atoms with van der Waals surface area (Å²) in [5.41, 5.74) is 1.98. The Balaban J connectivity index is 1.92. The predicted octanol–water partition coefficient (Wildman–Crippen LogP) is 2.60. The molecule has 3 nitrogen and oxygen atoms in total. The third-order valence-electron chi connectivity index (χ3n) is 3.18. The minimum Gasteiger partial charge on any atom is -0.508 e. The van der Waals surface area contributed by atoms with Gasteiger partial charge < -0.3 is 15.5 Å². The molecular weight excluding hydrogens is 238 g/mol. The van der Waals surface area contributed by atoms with Crippen LogP contribution in [0.25, 0.3) is 0 Å². The van der Waals surface area contributed by atoms with Gasteiger partial charge in [-0.25, -0.2) is 0 Å². The third kappa shape index (κ3) is 3.81. The number of aliphatic hydroxyl groups is 1. The fourth-order valence-electron chi connectivity index (χ4n) is 1.95. The summed E-state index contributed by atoms with van der Waals surface area (Å²) in [4.78, 5) is 0. The highest BCUT2D eigenvalue weighted by molar-refractivity contribution is 5.28. The zero-order valence-corrected chi connectivity index (χ0v) is 11.0. The number of rotatable bonds is 5. The van der Waals surface area contributed by atoms with E-state index < -0.39 is 6.10 Å². The number of benzene rings is 2. The smallest absolute Gasteiger partial charge is 0.115 e. The molecule has 100 valence electrons. The Hall–Kier alpha value is -1.84. The van der Waals surface area contributed by atoms with Crippen molar-refractivity contribution in [1.82, 2.24) is 5.32 Å². The van der Waals surface area contributed by atoms with Gasteiger partial charge >= 0.3 is 0 Å². The van der Waals surface area contributed by atoms with Gasteiger partial charge in [-0.2, -0.15) is 0 Å². The molecule has 0 amide bonds. The van der Waals surface area contributed by atoms with Crippen LogP contribution in [0.2, 0.25) is 0 Å². The lowest BCUT2D eigenvalue weighted by molar-refractivity contribution is 0.135. The van der Waals surface area contributed by atoms with Crippen molar-refractivity contribution in [3.8, 4) is 5.75 Å². The monoisotopic (exact) mass is 257 g/mol. The van der Waals surface area contributed by atoms with Gasteiger partial charge in [0.1, 0.15) is 5.75 Å². The summed E-state index contributed by atoms with van der Waals surface area (Å²) in [6.07, 6.45) is -0.593. The molecule has 0 aliphatic heterocycles. The Bertz CT molecular complexity index is 496. The van der Waals surface area contributed by atoms with E-state index in [9.17, 15) is 10.2 Å². The quantitative estimate of drug-likeness (QED) is 0.771. The van der Waals surface area contributed by atoms with E-state index in [-0.39, 0.29) is 11.8 Å². The molecule has 2 atom stereocenters. The summed E-state index contributed by atoms with van der Waals surface area (Å²) >= 11 is 0. The van der Waals surface area contributed by atoms with E-state index in [1.54, 1.807) is 24.3 Å². The van der Waals surface area contributed by atoms with Crippen LogP contribution in [-0.4, -0.2) is 16.3 Å². The van der Waals surface area contributed by atoms with Gasteiger partial charge in [-0.05, 0) is 30.2 Å². The molecule has 0 spiro atoms. The van der Waals surface area contributed by atoms with Gasteiger partial charge in [-0.15, -0.1) is 0 Å². The van der Waals surface area contributed by atoms with Crippen molar-refractivity contribution in [2.24, 2.45) is 0 Å². The van der Waals surface area contributed by atoms with Gasteiger partial charge in [0.25, 0.3) is 0 Å². The zero-order chi connectivity index (χ0) is 13.7. The molecule has 0 bridgehead atoms. The summed E-state index contributed by atoms with van der Waals surface area (Å²) in [7, 11) is 0. The topological polar surface area (TPSA) is 52.5 Å². The van der Waals surface area contributed by atoms with Gasteiger partial charge in [0.15, 0.2) is 0 Å². The Labute approximate surface area is 113 Å². The van der Waals surface area contributed by atoms with Crippen LogP contribution in [0.4, 0.5) is 0 Å². The minimum absolute atomic E-state index is 0.0650. The number of nitrogens with one attached hydrogen (secondary N) is 1. The number of phenols is 1. The standard InChI is InChI=1S/C16H19NO2/c1-12(17-11-13-5-3-2-4-6-13)16(19)14-7-9-15(18)10-8-14/h2-10,12,16-19H,11H2,1H3. The molecule has 2 rings (SSSR count). The molecule has 2 unspecified atom stereocenters. The van der Waals surface area contributed by atoms with E-state index in [1.807, 2.05) is 37.3 Å². The Morgan fingerprint density at radius 1 is 1.00 bits per heavy atom. The van der Waals surface area contributed by atoms with Gasteiger partial charge in [0.2, 0.25) is 0 Å². The molecule has 3 N–H and O–H groups in total. The number of aromatic hydroxyl groups is 1. The lowest BCUT2D eigenvalue weighted by Crippen LogP contribution is -2.31. The van der Waals surface area contributed by atoms with Crippen molar-refractivity contribution < 1.29 is 10.2 Å². The first-order chi connectivity index (χ1) is 9.16. The van der Waals surface area contributed by atoms with E-state index in [4.69, 9.17) is 0 Å². The second-order valence-corrected chi connectivity index (χ2v) is 4.69. The van der Waals surface area contributed by atoms with E-state index in [2.05, 4.69) is 5.32 Å². The van der Waals surface area contributed by atoms with E-state index in [0.717, 1.165) is 12.1 Å². The zero-order valence-electron chi connectivity index (χ0n) is 11.0. The molecule has 0 saturated heterocycles. The van der Waals surface area contributed by atoms with E-state index in [0.29, 0.717) is 0 Å². The highest BCUT2D eigenvalue weighted by atomic mass is 16.3. The van der Waals surface area contributed by atoms with Crippen LogP contribution in [0.5, 0.6) is 5.75 Å². The summed E-state index contributed by atoms with van der Waals surface area (Å²) in [5.74, 6) is 0.209. The fraction of sp³-hybridized carbons (Fsp3) is 0.250. The van der Waals surface area contributed by atoms with E-state index >= 15 is 0 Å². The van der Waals surface area contributed by atoms with Crippen molar-refractivity contribution in [2.45, 2.75) is 25.6 Å². The molecular formula is C16H19NO2. The van der Waals surface area contributed by atoms with Crippen molar-refractivity contribution in [3.63, 3.8) is 0 Å². The first kappa shape index (κ1) is 13.6. The highest BCUT2D eigenvalue weighted by Gasteiger charge is 2.15. The van der Waals surface area contributed by atoms with Crippen LogP contribution in [0.15, 0.2) is 54.6 Å². The first-order valence-corrected chi connectivity index (χ1v) is 6.41. The molecule has 19 heavy (non-hydrogen) atoms. The predicted molar refractivity (Wildman–Crippen MR) is 75.8 cm³/mol. The summed E-state index contributed by atoms with van der Waals surface area (Å²) in [6.45, 7) is 2.66. The molecule has 0 saturated carbocycles. The van der Waals surface area contributed by atoms with Crippen LogP contribution in [0.1, 0.15) is 24.2 Å². The molecule has 0 aromatic heterocycles. The second kappa shape index (κ2) is 6.36.